The van der Waals surface area contributed by atoms with Gasteiger partial charge in [0.2, 0.25) is 5.91 Å². The zero-order valence-electron chi connectivity index (χ0n) is 16.3. The number of nitrogens with one attached hydrogen (secondary N) is 1. The molecule has 0 spiro atoms. The zero-order valence-corrected chi connectivity index (χ0v) is 16.3. The van der Waals surface area contributed by atoms with Gasteiger partial charge in [-0.1, -0.05) is 37.8 Å². The number of carbonyl (C=O) groups excluding carboxylic acids is 2. The summed E-state index contributed by atoms with van der Waals surface area (Å²) in [6.45, 7) is 4.98. The van der Waals surface area contributed by atoms with Crippen LogP contribution in [0.4, 0.5) is 5.69 Å². The van der Waals surface area contributed by atoms with Gasteiger partial charge in [-0.2, -0.15) is 0 Å². The van der Waals surface area contributed by atoms with Crippen LogP contribution in [0.15, 0.2) is 24.3 Å². The lowest BCUT2D eigenvalue weighted by Gasteiger charge is -2.27. The van der Waals surface area contributed by atoms with Crippen LogP contribution < -0.4 is 5.32 Å². The highest BCUT2D eigenvalue weighted by atomic mass is 16.4. The van der Waals surface area contributed by atoms with Crippen LogP contribution in [0.2, 0.25) is 0 Å². The van der Waals surface area contributed by atoms with E-state index in [2.05, 4.69) is 5.32 Å². The molecule has 1 fully saturated rings. The van der Waals surface area contributed by atoms with Crippen molar-refractivity contribution < 1.29 is 19.5 Å². The van der Waals surface area contributed by atoms with E-state index in [1.807, 2.05) is 13.8 Å². The van der Waals surface area contributed by atoms with Crippen molar-refractivity contribution in [1.82, 2.24) is 4.90 Å². The fraction of sp³-hybridized carbons (Fsp3) is 0.571. The van der Waals surface area contributed by atoms with Gasteiger partial charge in [0.25, 0.3) is 5.91 Å². The molecule has 2 N–H and O–H groups in total. The topological polar surface area (TPSA) is 86.7 Å². The molecule has 6 nitrogen and oxygen atoms in total. The molecular formula is C21H30N2O4. The lowest BCUT2D eigenvalue weighted by atomic mass is 9.77. The third-order valence-electron chi connectivity index (χ3n) is 5.50. The lowest BCUT2D eigenvalue weighted by molar-refractivity contribution is -0.152. The molecule has 6 heteroatoms. The highest BCUT2D eigenvalue weighted by molar-refractivity contribution is 6.04. The summed E-state index contributed by atoms with van der Waals surface area (Å²) in [5.41, 5.74) is -0.133. The fourth-order valence-electron chi connectivity index (χ4n) is 3.83. The van der Waals surface area contributed by atoms with E-state index in [9.17, 15) is 19.5 Å². The Hall–Kier alpha value is -2.37. The van der Waals surface area contributed by atoms with Crippen LogP contribution in [0.5, 0.6) is 0 Å². The molecule has 1 aliphatic carbocycles. The van der Waals surface area contributed by atoms with Crippen molar-refractivity contribution in [3.05, 3.63) is 29.8 Å². The first kappa shape index (κ1) is 20.9. The van der Waals surface area contributed by atoms with Crippen LogP contribution in [0.1, 0.15) is 69.2 Å². The molecule has 0 radical (unpaired) electrons. The van der Waals surface area contributed by atoms with E-state index in [0.29, 0.717) is 37.2 Å². The molecule has 1 saturated carbocycles. The molecule has 0 aliphatic heterocycles. The summed E-state index contributed by atoms with van der Waals surface area (Å²) in [5.74, 6) is -1.38. The normalized spacial score (nSPS) is 16.2. The molecule has 0 bridgehead atoms. The van der Waals surface area contributed by atoms with Gasteiger partial charge in [-0.15, -0.1) is 0 Å². The van der Waals surface area contributed by atoms with E-state index in [1.54, 1.807) is 29.2 Å². The Balaban J connectivity index is 2.18. The number of carboxylic acid groups (broad SMARTS) is 1. The zero-order chi connectivity index (χ0) is 19.9. The highest BCUT2D eigenvalue weighted by Gasteiger charge is 2.40. The summed E-state index contributed by atoms with van der Waals surface area (Å²) in [4.78, 5) is 39.0. The van der Waals surface area contributed by atoms with Crippen molar-refractivity contribution >= 4 is 23.5 Å². The number of aliphatic carboxylic acids is 1. The monoisotopic (exact) mass is 374 g/mol. The van der Waals surface area contributed by atoms with Gasteiger partial charge in [0.15, 0.2) is 0 Å². The molecule has 0 saturated heterocycles. The molecule has 1 aliphatic rings. The van der Waals surface area contributed by atoms with E-state index < -0.39 is 11.4 Å². The molecular weight excluding hydrogens is 344 g/mol. The standard InChI is InChI=1S/C21H30N2O4/c1-3-23(4-2)19(25)16-11-7-8-12-17(16)22-18(24)15-21(20(26)27)13-9-5-6-10-14-21/h7-8,11-12H,3-6,9-10,13-15H2,1-2H3,(H,22,24)(H,26,27). The molecule has 0 atom stereocenters. The Labute approximate surface area is 160 Å². The number of para-hydroxylation sites is 1. The van der Waals surface area contributed by atoms with Gasteiger partial charge in [0.05, 0.1) is 16.7 Å². The van der Waals surface area contributed by atoms with Gasteiger partial charge in [-0.3, -0.25) is 14.4 Å². The average Bonchev–Trinajstić information content (AvgIpc) is 2.89. The molecule has 0 heterocycles. The number of amides is 2. The number of carbonyl (C=O) groups is 3. The second-order valence-electron chi connectivity index (χ2n) is 7.25. The van der Waals surface area contributed by atoms with Crippen LogP contribution in [-0.2, 0) is 9.59 Å². The summed E-state index contributed by atoms with van der Waals surface area (Å²) in [7, 11) is 0. The number of carboxylic acids is 1. The number of anilines is 1. The first-order valence-electron chi connectivity index (χ1n) is 9.85. The molecule has 2 rings (SSSR count). The van der Waals surface area contributed by atoms with Gasteiger partial charge < -0.3 is 15.3 Å². The van der Waals surface area contributed by atoms with Crippen molar-refractivity contribution in [3.63, 3.8) is 0 Å². The van der Waals surface area contributed by atoms with Crippen LogP contribution in [0.25, 0.3) is 0 Å². The quantitative estimate of drug-likeness (QED) is 0.708. The highest BCUT2D eigenvalue weighted by Crippen LogP contribution is 2.38. The molecule has 2 amide bonds. The number of nitrogens with zero attached hydrogens (tertiary/aromatic N) is 1. The van der Waals surface area contributed by atoms with E-state index in [-0.39, 0.29) is 18.2 Å². The third kappa shape index (κ3) is 5.08. The van der Waals surface area contributed by atoms with Crippen LogP contribution in [0.3, 0.4) is 0 Å². The first-order valence-corrected chi connectivity index (χ1v) is 9.85. The number of rotatable bonds is 7. The largest absolute Gasteiger partial charge is 0.481 e. The summed E-state index contributed by atoms with van der Waals surface area (Å²) < 4.78 is 0. The van der Waals surface area contributed by atoms with Crippen LogP contribution in [0, 0.1) is 5.41 Å². The SMILES string of the molecule is CCN(CC)C(=O)c1ccccc1NC(=O)CC1(C(=O)O)CCCCCC1. The smallest absolute Gasteiger partial charge is 0.310 e. The summed E-state index contributed by atoms with van der Waals surface area (Å²) in [6.07, 6.45) is 4.67. The number of benzene rings is 1. The summed E-state index contributed by atoms with van der Waals surface area (Å²) in [6, 6.07) is 6.90. The minimum atomic E-state index is -1.00. The lowest BCUT2D eigenvalue weighted by Crippen LogP contribution is -2.35. The van der Waals surface area contributed by atoms with Gasteiger partial charge >= 0.3 is 5.97 Å². The molecule has 27 heavy (non-hydrogen) atoms. The Bertz CT molecular complexity index is 675. The predicted molar refractivity (Wildman–Crippen MR) is 105 cm³/mol. The molecule has 0 unspecified atom stereocenters. The van der Waals surface area contributed by atoms with Crippen molar-refractivity contribution in [2.75, 3.05) is 18.4 Å². The van der Waals surface area contributed by atoms with Crippen molar-refractivity contribution in [1.29, 1.82) is 0 Å². The maximum Gasteiger partial charge on any atom is 0.310 e. The van der Waals surface area contributed by atoms with Crippen molar-refractivity contribution in [3.8, 4) is 0 Å². The third-order valence-corrected chi connectivity index (χ3v) is 5.50. The summed E-state index contributed by atoms with van der Waals surface area (Å²) in [5, 5.41) is 12.6. The maximum atomic E-state index is 12.7. The van der Waals surface area contributed by atoms with Crippen LogP contribution in [-0.4, -0.2) is 40.9 Å². The minimum absolute atomic E-state index is 0.0594. The van der Waals surface area contributed by atoms with E-state index in [0.717, 1.165) is 25.7 Å². The maximum absolute atomic E-state index is 12.7. The van der Waals surface area contributed by atoms with Crippen molar-refractivity contribution in [2.45, 2.75) is 58.8 Å². The van der Waals surface area contributed by atoms with Gasteiger partial charge in [0.1, 0.15) is 0 Å². The minimum Gasteiger partial charge on any atom is -0.481 e. The Morgan fingerprint density at radius 3 is 2.19 bits per heavy atom. The van der Waals surface area contributed by atoms with Crippen molar-refractivity contribution in [2.24, 2.45) is 5.41 Å². The molecule has 1 aromatic rings. The second kappa shape index (κ2) is 9.53. The number of hydrogen-bond donors (Lipinski definition) is 2. The van der Waals surface area contributed by atoms with E-state index in [4.69, 9.17) is 0 Å². The second-order valence-corrected chi connectivity index (χ2v) is 7.25. The van der Waals surface area contributed by atoms with Gasteiger partial charge in [-0.25, -0.2) is 0 Å². The van der Waals surface area contributed by atoms with Gasteiger partial charge in [-0.05, 0) is 38.8 Å². The van der Waals surface area contributed by atoms with E-state index >= 15 is 0 Å². The Morgan fingerprint density at radius 2 is 1.63 bits per heavy atom. The predicted octanol–water partition coefficient (Wildman–Crippen LogP) is 3.92. The Morgan fingerprint density at radius 1 is 1.04 bits per heavy atom. The molecule has 1 aromatic carbocycles. The Kier molecular flexibility index (Phi) is 7.39. The van der Waals surface area contributed by atoms with Gasteiger partial charge in [0, 0.05) is 19.5 Å². The average molecular weight is 374 g/mol. The summed E-state index contributed by atoms with van der Waals surface area (Å²) >= 11 is 0. The number of hydrogen-bond acceptors (Lipinski definition) is 3. The van der Waals surface area contributed by atoms with E-state index in [1.165, 1.54) is 0 Å². The van der Waals surface area contributed by atoms with Crippen LogP contribution >= 0.6 is 0 Å². The molecule has 148 valence electrons. The fourth-order valence-corrected chi connectivity index (χ4v) is 3.83. The molecule has 0 aromatic heterocycles. The first-order chi connectivity index (χ1) is 12.9.